The largest absolute Gasteiger partial charge is 0.384 e. The first kappa shape index (κ1) is 23.7. The van der Waals surface area contributed by atoms with E-state index >= 15 is 0 Å². The fraction of sp³-hybridized carbons (Fsp3) is 0.174. The van der Waals surface area contributed by atoms with Gasteiger partial charge in [0.15, 0.2) is 0 Å². The van der Waals surface area contributed by atoms with Gasteiger partial charge in [0.1, 0.15) is 5.82 Å². The van der Waals surface area contributed by atoms with Crippen molar-refractivity contribution in [2.24, 2.45) is 0 Å². The van der Waals surface area contributed by atoms with Crippen molar-refractivity contribution in [3.8, 4) is 5.69 Å². The molecule has 0 aliphatic carbocycles. The van der Waals surface area contributed by atoms with Crippen molar-refractivity contribution in [3.05, 3.63) is 75.6 Å². The Balaban J connectivity index is 1.90. The number of hydrogen-bond donors (Lipinski definition) is 3. The van der Waals surface area contributed by atoms with Crippen LogP contribution >= 0.6 is 11.8 Å². The number of anilines is 1. The second kappa shape index (κ2) is 8.12. The minimum atomic E-state index is -4.53. The van der Waals surface area contributed by atoms with Gasteiger partial charge in [-0.1, -0.05) is 44.7 Å². The molecular weight excluding hydrogens is 478 g/mol. The van der Waals surface area contributed by atoms with Crippen LogP contribution in [0.1, 0.15) is 47.1 Å². The van der Waals surface area contributed by atoms with Gasteiger partial charge in [0.2, 0.25) is 0 Å². The molecule has 1 aromatic heterocycles. The van der Waals surface area contributed by atoms with Gasteiger partial charge in [-0.25, -0.2) is 0 Å². The molecule has 0 saturated carbocycles. The van der Waals surface area contributed by atoms with Crippen LogP contribution in [0.4, 0.5) is 5.82 Å². The molecule has 4 N–H and O–H groups in total. The van der Waals surface area contributed by atoms with E-state index in [0.29, 0.717) is 0 Å². The topological polar surface area (TPSA) is 149 Å². The molecule has 3 aromatic rings. The van der Waals surface area contributed by atoms with E-state index in [-0.39, 0.29) is 37.8 Å². The number of nitrogens with two attached hydrogens (primary N) is 1. The third kappa shape index (κ3) is 4.25. The summed E-state index contributed by atoms with van der Waals surface area (Å²) in [6, 6.07) is 12.3. The fourth-order valence-corrected chi connectivity index (χ4v) is 5.16. The molecule has 0 atom stereocenters. The lowest BCUT2D eigenvalue weighted by Crippen LogP contribution is -2.24. The maximum atomic E-state index is 12.9. The number of benzene rings is 2. The molecule has 2 amide bonds. The van der Waals surface area contributed by atoms with E-state index in [9.17, 15) is 27.4 Å². The van der Waals surface area contributed by atoms with Crippen molar-refractivity contribution in [3.63, 3.8) is 0 Å². The van der Waals surface area contributed by atoms with Crippen molar-refractivity contribution in [1.82, 2.24) is 9.88 Å². The smallest absolute Gasteiger partial charge is 0.294 e. The lowest BCUT2D eigenvalue weighted by Gasteiger charge is -2.19. The summed E-state index contributed by atoms with van der Waals surface area (Å²) in [5.74, 6) is -1.70. The molecule has 1 aliphatic heterocycles. The normalized spacial score (nSPS) is 13.6. The Labute approximate surface area is 199 Å². The third-order valence-electron chi connectivity index (χ3n) is 5.37. The minimum absolute atomic E-state index is 0.0660. The van der Waals surface area contributed by atoms with E-state index in [2.05, 4.69) is 26.1 Å². The van der Waals surface area contributed by atoms with Crippen molar-refractivity contribution in [2.45, 2.75) is 40.9 Å². The van der Waals surface area contributed by atoms with Crippen LogP contribution in [0.2, 0.25) is 0 Å². The lowest BCUT2D eigenvalue weighted by atomic mass is 9.87. The molecule has 0 unspecified atom stereocenters. The van der Waals surface area contributed by atoms with Gasteiger partial charge in [-0.3, -0.25) is 28.8 Å². The first-order valence-corrected chi connectivity index (χ1v) is 12.3. The second-order valence-electron chi connectivity index (χ2n) is 8.76. The van der Waals surface area contributed by atoms with Crippen LogP contribution in [0, 0.1) is 0 Å². The molecule has 0 radical (unpaired) electrons. The Morgan fingerprint density at radius 3 is 2.21 bits per heavy atom. The zero-order valence-electron chi connectivity index (χ0n) is 18.4. The van der Waals surface area contributed by atoms with Gasteiger partial charge in [-0.2, -0.15) is 8.42 Å². The maximum Gasteiger partial charge on any atom is 0.294 e. The van der Waals surface area contributed by atoms with E-state index in [1.54, 1.807) is 0 Å². The highest BCUT2D eigenvalue weighted by atomic mass is 32.2. The van der Waals surface area contributed by atoms with Gasteiger partial charge in [0.25, 0.3) is 27.5 Å². The molecule has 2 aromatic carbocycles. The van der Waals surface area contributed by atoms with Crippen LogP contribution in [-0.2, 0) is 15.5 Å². The van der Waals surface area contributed by atoms with E-state index in [0.717, 1.165) is 38.9 Å². The number of nitrogens with one attached hydrogen (secondary N) is 1. The number of aromatic nitrogens is 1. The summed E-state index contributed by atoms with van der Waals surface area (Å²) < 4.78 is 34.1. The first-order chi connectivity index (χ1) is 15.8. The van der Waals surface area contributed by atoms with E-state index < -0.39 is 27.5 Å². The van der Waals surface area contributed by atoms with Crippen LogP contribution in [0.15, 0.2) is 68.0 Å². The van der Waals surface area contributed by atoms with Crippen molar-refractivity contribution < 1.29 is 22.6 Å². The highest BCUT2D eigenvalue weighted by Crippen LogP contribution is 2.36. The van der Waals surface area contributed by atoms with Gasteiger partial charge in [-0.15, -0.1) is 0 Å². The fourth-order valence-electron chi connectivity index (χ4n) is 3.60. The number of imide groups is 1. The number of amides is 2. The average Bonchev–Trinajstić information content (AvgIpc) is 3.01. The molecule has 0 spiro atoms. The Morgan fingerprint density at radius 2 is 1.62 bits per heavy atom. The molecule has 176 valence electrons. The van der Waals surface area contributed by atoms with E-state index in [4.69, 9.17) is 5.73 Å². The maximum absolute atomic E-state index is 12.9. The van der Waals surface area contributed by atoms with Crippen LogP contribution < -0.4 is 16.6 Å². The molecule has 1 aliphatic rings. The lowest BCUT2D eigenvalue weighted by molar-refractivity contribution is 0.0880. The van der Waals surface area contributed by atoms with Gasteiger partial charge < -0.3 is 5.73 Å². The van der Waals surface area contributed by atoms with Gasteiger partial charge in [-0.05, 0) is 41.3 Å². The summed E-state index contributed by atoms with van der Waals surface area (Å²) in [6.45, 7) is 6.23. The molecule has 0 fully saturated rings. The van der Waals surface area contributed by atoms with Crippen molar-refractivity contribution in [2.75, 3.05) is 5.73 Å². The molecular formula is C23H21N3O6S2. The van der Waals surface area contributed by atoms with Crippen LogP contribution in [0.3, 0.4) is 0 Å². The monoisotopic (exact) mass is 499 g/mol. The molecule has 4 rings (SSSR count). The second-order valence-corrected chi connectivity index (χ2v) is 11.3. The number of fused-ring (bicyclic) bond motifs is 1. The van der Waals surface area contributed by atoms with Crippen molar-refractivity contribution >= 4 is 39.5 Å². The summed E-state index contributed by atoms with van der Waals surface area (Å²) in [4.78, 5) is 37.7. The molecule has 0 bridgehead atoms. The Bertz CT molecular complexity index is 1520. The first-order valence-electron chi connectivity index (χ1n) is 10.1. The summed E-state index contributed by atoms with van der Waals surface area (Å²) in [7, 11) is -4.53. The predicted molar refractivity (Wildman–Crippen MR) is 127 cm³/mol. The number of nitrogens with zero attached hydrogens (tertiary/aromatic N) is 1. The Morgan fingerprint density at radius 1 is 0.971 bits per heavy atom. The highest BCUT2D eigenvalue weighted by molar-refractivity contribution is 7.99. The summed E-state index contributed by atoms with van der Waals surface area (Å²) in [6.07, 6.45) is 0. The molecule has 34 heavy (non-hydrogen) atoms. The van der Waals surface area contributed by atoms with Crippen LogP contribution in [0.5, 0.6) is 0 Å². The van der Waals surface area contributed by atoms with Crippen LogP contribution in [-0.4, -0.2) is 29.4 Å². The van der Waals surface area contributed by atoms with Crippen LogP contribution in [0.25, 0.3) is 5.69 Å². The number of pyridine rings is 1. The van der Waals surface area contributed by atoms with Gasteiger partial charge in [0.05, 0.1) is 21.7 Å². The van der Waals surface area contributed by atoms with E-state index in [1.807, 2.05) is 24.3 Å². The highest BCUT2D eigenvalue weighted by Gasteiger charge is 2.32. The molecule has 0 saturated heterocycles. The van der Waals surface area contributed by atoms with E-state index in [1.165, 1.54) is 12.1 Å². The summed E-state index contributed by atoms with van der Waals surface area (Å²) >= 11 is 1.15. The molecule has 2 heterocycles. The number of carbonyl (C=O) groups is 2. The van der Waals surface area contributed by atoms with Gasteiger partial charge >= 0.3 is 0 Å². The van der Waals surface area contributed by atoms with Gasteiger partial charge in [0, 0.05) is 15.9 Å². The minimum Gasteiger partial charge on any atom is -0.384 e. The summed E-state index contributed by atoms with van der Waals surface area (Å²) in [5, 5.41) is 2.10. The SMILES string of the molecule is CC(C)(C)c1ccc(Sc2cc(S(=O)(=O)O)ccc2-n2c(N)c3c(cc2=O)C(=O)NC3=O)cc1. The Kier molecular flexibility index (Phi) is 5.67. The number of carbonyl (C=O) groups excluding carboxylic acids is 2. The molecule has 9 nitrogen and oxygen atoms in total. The average molecular weight is 500 g/mol. The quantitative estimate of drug-likeness (QED) is 0.366. The third-order valence-corrected chi connectivity index (χ3v) is 7.28. The number of hydrogen-bond acceptors (Lipinski definition) is 7. The Hall–Kier alpha value is -3.41. The van der Waals surface area contributed by atoms with Crippen molar-refractivity contribution in [1.29, 1.82) is 0 Å². The number of nitrogen functional groups attached to an aromatic ring is 1. The number of rotatable bonds is 4. The predicted octanol–water partition coefficient (Wildman–Crippen LogP) is 3.00. The zero-order valence-corrected chi connectivity index (χ0v) is 20.1. The zero-order chi connectivity index (χ0) is 25.0. The standard InChI is InChI=1S/C23H21N3O6S2/c1-23(2,3)12-4-6-13(7-5-12)33-17-10-14(34(30,31)32)8-9-16(17)26-18(27)11-15-19(20(26)24)22(29)25-21(15)28/h4-11H,24H2,1-3H3,(H,25,28,29)(H,30,31,32). The molecule has 11 heteroatoms. The summed E-state index contributed by atoms with van der Waals surface area (Å²) in [5.41, 5.74) is 6.44.